The zero-order valence-electron chi connectivity index (χ0n) is 14.6. The molecule has 130 valence electrons. The topological polar surface area (TPSA) is 48.0 Å². The zero-order valence-corrected chi connectivity index (χ0v) is 14.6. The maximum absolute atomic E-state index is 12.7. The van der Waals surface area contributed by atoms with Crippen LogP contribution in [0.1, 0.15) is 31.2 Å². The van der Waals surface area contributed by atoms with Crippen LogP contribution in [0.4, 0.5) is 0 Å². The Bertz CT molecular complexity index is 615. The molecule has 3 rings (SSSR count). The minimum atomic E-state index is 0.215. The van der Waals surface area contributed by atoms with Crippen molar-refractivity contribution in [3.63, 3.8) is 0 Å². The van der Waals surface area contributed by atoms with Crippen LogP contribution in [0.15, 0.2) is 24.3 Å². The summed E-state index contributed by atoms with van der Waals surface area (Å²) < 4.78 is 16.2. The number of fused-ring (bicyclic) bond motifs is 2. The smallest absolute Gasteiger partial charge is 0.223 e. The van der Waals surface area contributed by atoms with Crippen molar-refractivity contribution in [3.05, 3.63) is 29.8 Å². The van der Waals surface area contributed by atoms with E-state index in [1.54, 1.807) is 21.3 Å². The first-order valence-electron chi connectivity index (χ1n) is 8.44. The molecule has 0 aromatic heterocycles. The Morgan fingerprint density at radius 1 is 1.12 bits per heavy atom. The number of ether oxygens (including phenoxy) is 3. The molecule has 1 saturated heterocycles. The van der Waals surface area contributed by atoms with Crippen LogP contribution in [0.5, 0.6) is 17.2 Å². The fourth-order valence-electron chi connectivity index (χ4n) is 3.80. The van der Waals surface area contributed by atoms with E-state index < -0.39 is 0 Å². The molecular formula is C19H25NO4. The summed E-state index contributed by atoms with van der Waals surface area (Å²) in [5, 5.41) is 0. The molecule has 2 heterocycles. The summed E-state index contributed by atoms with van der Waals surface area (Å²) in [5.74, 6) is 2.28. The van der Waals surface area contributed by atoms with Gasteiger partial charge in [-0.15, -0.1) is 0 Å². The number of hydrogen-bond donors (Lipinski definition) is 0. The average molecular weight is 331 g/mol. The van der Waals surface area contributed by atoms with Crippen LogP contribution in [-0.4, -0.2) is 44.2 Å². The average Bonchev–Trinajstić information content (AvgIpc) is 2.87. The van der Waals surface area contributed by atoms with Crippen LogP contribution in [0.25, 0.3) is 0 Å². The number of nitrogens with zero attached hydrogens (tertiary/aromatic N) is 1. The molecule has 0 N–H and O–H groups in total. The van der Waals surface area contributed by atoms with Gasteiger partial charge in [-0.2, -0.15) is 0 Å². The van der Waals surface area contributed by atoms with Crippen LogP contribution in [0.3, 0.4) is 0 Å². The van der Waals surface area contributed by atoms with Gasteiger partial charge in [-0.05, 0) is 25.7 Å². The molecule has 2 atom stereocenters. The largest absolute Gasteiger partial charge is 0.496 e. The lowest BCUT2D eigenvalue weighted by atomic mass is 10.0. The molecular weight excluding hydrogens is 306 g/mol. The standard InChI is InChI=1S/C19H25NO4/c1-22-15-11-17(23-2)16(18(12-15)24-3)9-10-19(21)20-13-5-4-6-14(20)8-7-13/h4-5,11-14H,6-10H2,1-3H3. The monoisotopic (exact) mass is 331 g/mol. The Morgan fingerprint density at radius 3 is 2.42 bits per heavy atom. The molecule has 0 radical (unpaired) electrons. The van der Waals surface area contributed by atoms with Gasteiger partial charge in [-0.25, -0.2) is 0 Å². The van der Waals surface area contributed by atoms with Gasteiger partial charge in [0.2, 0.25) is 5.91 Å². The molecule has 1 fully saturated rings. The molecule has 0 saturated carbocycles. The molecule has 1 aromatic rings. The van der Waals surface area contributed by atoms with Crippen LogP contribution < -0.4 is 14.2 Å². The van der Waals surface area contributed by atoms with Gasteiger partial charge in [0, 0.05) is 30.2 Å². The van der Waals surface area contributed by atoms with Crippen molar-refractivity contribution in [1.82, 2.24) is 4.90 Å². The summed E-state index contributed by atoms with van der Waals surface area (Å²) in [5.41, 5.74) is 0.911. The zero-order chi connectivity index (χ0) is 17.1. The molecule has 0 spiro atoms. The van der Waals surface area contributed by atoms with Crippen LogP contribution in [-0.2, 0) is 11.2 Å². The maximum Gasteiger partial charge on any atom is 0.223 e. The van der Waals surface area contributed by atoms with Gasteiger partial charge in [0.05, 0.1) is 27.4 Å². The number of amides is 1. The van der Waals surface area contributed by atoms with Crippen molar-refractivity contribution in [2.24, 2.45) is 0 Å². The van der Waals surface area contributed by atoms with E-state index in [2.05, 4.69) is 17.1 Å². The normalized spacial score (nSPS) is 21.7. The minimum Gasteiger partial charge on any atom is -0.496 e. The van der Waals surface area contributed by atoms with Gasteiger partial charge >= 0.3 is 0 Å². The Hall–Kier alpha value is -2.17. The summed E-state index contributed by atoms with van der Waals surface area (Å²) >= 11 is 0. The van der Waals surface area contributed by atoms with Gasteiger partial charge in [-0.3, -0.25) is 4.79 Å². The number of hydrogen-bond acceptors (Lipinski definition) is 4. The number of carbonyl (C=O) groups excluding carboxylic acids is 1. The molecule has 2 unspecified atom stereocenters. The van der Waals surface area contributed by atoms with E-state index in [4.69, 9.17) is 14.2 Å². The van der Waals surface area contributed by atoms with Crippen molar-refractivity contribution in [2.75, 3.05) is 21.3 Å². The summed E-state index contributed by atoms with van der Waals surface area (Å²) in [6, 6.07) is 4.33. The van der Waals surface area contributed by atoms with E-state index in [0.29, 0.717) is 36.1 Å². The van der Waals surface area contributed by atoms with Gasteiger partial charge < -0.3 is 19.1 Å². The Morgan fingerprint density at radius 2 is 1.83 bits per heavy atom. The fourth-order valence-corrected chi connectivity index (χ4v) is 3.80. The van der Waals surface area contributed by atoms with E-state index in [1.807, 2.05) is 12.1 Å². The van der Waals surface area contributed by atoms with E-state index in [9.17, 15) is 4.79 Å². The summed E-state index contributed by atoms with van der Waals surface area (Å²) in [6.45, 7) is 0. The number of methoxy groups -OCH3 is 3. The Kier molecular flexibility index (Phi) is 4.97. The Labute approximate surface area is 143 Å². The van der Waals surface area contributed by atoms with Crippen molar-refractivity contribution < 1.29 is 19.0 Å². The van der Waals surface area contributed by atoms with Crippen molar-refractivity contribution in [1.29, 1.82) is 0 Å². The molecule has 1 aromatic carbocycles. The van der Waals surface area contributed by atoms with Gasteiger partial charge in [0.25, 0.3) is 0 Å². The van der Waals surface area contributed by atoms with Gasteiger partial charge in [-0.1, -0.05) is 12.2 Å². The lowest BCUT2D eigenvalue weighted by Crippen LogP contribution is -2.42. The molecule has 2 aliphatic heterocycles. The Balaban J connectivity index is 1.74. The third-order valence-electron chi connectivity index (χ3n) is 5.01. The highest BCUT2D eigenvalue weighted by Gasteiger charge is 2.36. The number of carbonyl (C=O) groups is 1. The van der Waals surface area contributed by atoms with Crippen molar-refractivity contribution in [3.8, 4) is 17.2 Å². The predicted molar refractivity (Wildman–Crippen MR) is 91.8 cm³/mol. The quantitative estimate of drug-likeness (QED) is 0.752. The summed E-state index contributed by atoms with van der Waals surface area (Å²) in [7, 11) is 4.85. The highest BCUT2D eigenvalue weighted by atomic mass is 16.5. The van der Waals surface area contributed by atoms with Crippen molar-refractivity contribution in [2.45, 2.75) is 44.2 Å². The van der Waals surface area contributed by atoms with E-state index in [-0.39, 0.29) is 11.9 Å². The van der Waals surface area contributed by atoms with E-state index in [1.165, 1.54) is 0 Å². The van der Waals surface area contributed by atoms with E-state index >= 15 is 0 Å². The van der Waals surface area contributed by atoms with Crippen LogP contribution >= 0.6 is 0 Å². The van der Waals surface area contributed by atoms with E-state index in [0.717, 1.165) is 24.8 Å². The number of rotatable bonds is 6. The first kappa shape index (κ1) is 16.7. The van der Waals surface area contributed by atoms with Gasteiger partial charge in [0.1, 0.15) is 17.2 Å². The molecule has 5 heteroatoms. The second-order valence-electron chi connectivity index (χ2n) is 6.27. The first-order chi connectivity index (χ1) is 11.7. The molecule has 24 heavy (non-hydrogen) atoms. The molecule has 2 aliphatic rings. The maximum atomic E-state index is 12.7. The van der Waals surface area contributed by atoms with Crippen molar-refractivity contribution >= 4 is 5.91 Å². The summed E-state index contributed by atoms with van der Waals surface area (Å²) in [6.07, 6.45) is 8.62. The molecule has 0 aliphatic carbocycles. The minimum absolute atomic E-state index is 0.215. The second-order valence-corrected chi connectivity index (χ2v) is 6.27. The molecule has 1 amide bonds. The highest BCUT2D eigenvalue weighted by molar-refractivity contribution is 5.78. The third kappa shape index (κ3) is 3.07. The first-order valence-corrected chi connectivity index (χ1v) is 8.44. The number of benzene rings is 1. The predicted octanol–water partition coefficient (Wildman–Crippen LogP) is 2.96. The highest BCUT2D eigenvalue weighted by Crippen LogP contribution is 2.36. The van der Waals surface area contributed by atoms with Crippen LogP contribution in [0, 0.1) is 0 Å². The van der Waals surface area contributed by atoms with Gasteiger partial charge in [0.15, 0.2) is 0 Å². The SMILES string of the molecule is COc1cc(OC)c(CCC(=O)N2C3C=CCC2CC3)c(OC)c1. The fraction of sp³-hybridized carbons (Fsp3) is 0.526. The summed E-state index contributed by atoms with van der Waals surface area (Å²) in [4.78, 5) is 14.8. The molecule has 5 nitrogen and oxygen atoms in total. The second kappa shape index (κ2) is 7.16. The molecule has 2 bridgehead atoms. The van der Waals surface area contributed by atoms with Crippen LogP contribution in [0.2, 0.25) is 0 Å². The lowest BCUT2D eigenvalue weighted by Gasteiger charge is -2.31. The lowest BCUT2D eigenvalue weighted by molar-refractivity contribution is -0.133. The third-order valence-corrected chi connectivity index (χ3v) is 5.01.